The number of aryl methyl sites for hydroxylation is 2. The van der Waals surface area contributed by atoms with Crippen LogP contribution in [-0.2, 0) is 22.4 Å². The normalized spacial score (nSPS) is 14.2. The molecule has 0 unspecified atom stereocenters. The molecule has 8 heteroatoms. The van der Waals surface area contributed by atoms with Crippen LogP contribution in [0.3, 0.4) is 0 Å². The third-order valence-corrected chi connectivity index (χ3v) is 5.60. The van der Waals surface area contributed by atoms with Crippen LogP contribution in [0.4, 0.5) is 5.69 Å². The maximum absolute atomic E-state index is 12.3. The lowest BCUT2D eigenvalue weighted by atomic mass is 10.2. The standard InChI is InChI=1S/C18H17N3O4S/c1-9(25-17(23)15-7-10-3-2-4-14(10)26-15)16(22)19-11-5-6-12-13(8-11)21-18(24)20-12/h5-9H,2-4H2,1H3,(H,19,22)(H2,20,21,24)/t9-/m0/s1. The summed E-state index contributed by atoms with van der Waals surface area (Å²) in [6, 6.07) is 6.87. The Morgan fingerprint density at radius 2 is 2.00 bits per heavy atom. The molecule has 26 heavy (non-hydrogen) atoms. The number of nitrogens with one attached hydrogen (secondary N) is 3. The molecule has 1 aromatic carbocycles. The predicted octanol–water partition coefficient (Wildman–Crippen LogP) is 2.59. The first-order chi connectivity index (χ1) is 12.5. The Kier molecular flexibility index (Phi) is 4.12. The highest BCUT2D eigenvalue weighted by Crippen LogP contribution is 2.31. The lowest BCUT2D eigenvalue weighted by molar-refractivity contribution is -0.123. The van der Waals surface area contributed by atoms with Gasteiger partial charge in [0.15, 0.2) is 6.10 Å². The fourth-order valence-corrected chi connectivity index (χ4v) is 4.19. The number of rotatable bonds is 4. The SMILES string of the molecule is C[C@H](OC(=O)c1cc2c(s1)CCC2)C(=O)Nc1ccc2[nH]c(=O)[nH]c2c1. The first-order valence-corrected chi connectivity index (χ1v) is 9.17. The molecule has 7 nitrogen and oxygen atoms in total. The zero-order chi connectivity index (χ0) is 18.3. The number of benzene rings is 1. The highest BCUT2D eigenvalue weighted by Gasteiger charge is 2.23. The Balaban J connectivity index is 1.41. The zero-order valence-electron chi connectivity index (χ0n) is 14.0. The Morgan fingerprint density at radius 1 is 1.19 bits per heavy atom. The molecule has 0 aliphatic heterocycles. The van der Waals surface area contributed by atoms with Crippen LogP contribution in [0.25, 0.3) is 11.0 Å². The van der Waals surface area contributed by atoms with Gasteiger partial charge < -0.3 is 20.0 Å². The number of aromatic amines is 2. The van der Waals surface area contributed by atoms with Crippen molar-refractivity contribution in [3.8, 4) is 0 Å². The van der Waals surface area contributed by atoms with Crippen LogP contribution < -0.4 is 11.0 Å². The fraction of sp³-hybridized carbons (Fsp3) is 0.278. The first-order valence-electron chi connectivity index (χ1n) is 8.35. The molecule has 1 aliphatic rings. The Bertz CT molecular complexity index is 1040. The fourth-order valence-electron chi connectivity index (χ4n) is 3.06. The molecule has 1 atom stereocenters. The molecular weight excluding hydrogens is 354 g/mol. The summed E-state index contributed by atoms with van der Waals surface area (Å²) in [4.78, 5) is 42.9. The number of hydrogen-bond donors (Lipinski definition) is 3. The number of amides is 1. The van der Waals surface area contributed by atoms with E-state index in [-0.39, 0.29) is 5.69 Å². The smallest absolute Gasteiger partial charge is 0.349 e. The molecule has 0 spiro atoms. The number of ether oxygens (including phenoxy) is 1. The summed E-state index contributed by atoms with van der Waals surface area (Å²) >= 11 is 1.45. The second-order valence-corrected chi connectivity index (χ2v) is 7.43. The van der Waals surface area contributed by atoms with Crippen LogP contribution in [0.1, 0.15) is 33.5 Å². The summed E-state index contributed by atoms with van der Waals surface area (Å²) in [5.41, 5.74) is 2.65. The van der Waals surface area contributed by atoms with Crippen LogP contribution in [0, 0.1) is 0 Å². The van der Waals surface area contributed by atoms with E-state index in [1.54, 1.807) is 18.2 Å². The van der Waals surface area contributed by atoms with E-state index in [2.05, 4.69) is 15.3 Å². The maximum Gasteiger partial charge on any atom is 0.349 e. The van der Waals surface area contributed by atoms with Crippen LogP contribution in [-0.4, -0.2) is 27.9 Å². The number of fused-ring (bicyclic) bond motifs is 2. The summed E-state index contributed by atoms with van der Waals surface area (Å²) in [5.74, 6) is -0.905. The summed E-state index contributed by atoms with van der Waals surface area (Å²) in [7, 11) is 0. The molecular formula is C18H17N3O4S. The average Bonchev–Trinajstić information content (AvgIpc) is 3.27. The topological polar surface area (TPSA) is 104 Å². The number of carbonyl (C=O) groups excluding carboxylic acids is 2. The van der Waals surface area contributed by atoms with Crippen molar-refractivity contribution in [3.05, 3.63) is 50.1 Å². The third-order valence-electron chi connectivity index (χ3n) is 4.38. The number of carbonyl (C=O) groups is 2. The van der Waals surface area contributed by atoms with Gasteiger partial charge in [0.05, 0.1) is 11.0 Å². The van der Waals surface area contributed by atoms with Crippen LogP contribution in [0.15, 0.2) is 29.1 Å². The number of thiophene rings is 1. The molecule has 1 aliphatic carbocycles. The van der Waals surface area contributed by atoms with Gasteiger partial charge in [-0.3, -0.25) is 4.79 Å². The second-order valence-electron chi connectivity index (χ2n) is 6.29. The third kappa shape index (κ3) is 3.15. The quantitative estimate of drug-likeness (QED) is 0.613. The van der Waals surface area contributed by atoms with E-state index in [4.69, 9.17) is 4.74 Å². The van der Waals surface area contributed by atoms with Crippen molar-refractivity contribution >= 4 is 39.9 Å². The van der Waals surface area contributed by atoms with Gasteiger partial charge in [0.1, 0.15) is 4.88 Å². The van der Waals surface area contributed by atoms with E-state index in [0.29, 0.717) is 21.6 Å². The highest BCUT2D eigenvalue weighted by atomic mass is 32.1. The van der Waals surface area contributed by atoms with Gasteiger partial charge in [-0.05, 0) is 56.0 Å². The first kappa shape index (κ1) is 16.6. The van der Waals surface area contributed by atoms with Gasteiger partial charge >= 0.3 is 11.7 Å². The molecule has 0 saturated heterocycles. The molecule has 0 saturated carbocycles. The van der Waals surface area contributed by atoms with Gasteiger partial charge in [-0.1, -0.05) is 0 Å². The van der Waals surface area contributed by atoms with Crippen molar-refractivity contribution in [2.75, 3.05) is 5.32 Å². The van der Waals surface area contributed by atoms with Crippen molar-refractivity contribution in [2.24, 2.45) is 0 Å². The lowest BCUT2D eigenvalue weighted by Gasteiger charge is -2.13. The Labute approximate surface area is 152 Å². The van der Waals surface area contributed by atoms with Gasteiger partial charge in [0.25, 0.3) is 5.91 Å². The highest BCUT2D eigenvalue weighted by molar-refractivity contribution is 7.14. The van der Waals surface area contributed by atoms with Crippen molar-refractivity contribution in [2.45, 2.75) is 32.3 Å². The molecule has 2 aromatic heterocycles. The predicted molar refractivity (Wildman–Crippen MR) is 98.8 cm³/mol. The zero-order valence-corrected chi connectivity index (χ0v) is 14.9. The van der Waals surface area contributed by atoms with Gasteiger partial charge in [-0.15, -0.1) is 11.3 Å². The van der Waals surface area contributed by atoms with Crippen LogP contribution >= 0.6 is 11.3 Å². The molecule has 2 heterocycles. The number of aromatic nitrogens is 2. The van der Waals surface area contributed by atoms with Gasteiger partial charge in [0, 0.05) is 10.6 Å². The molecule has 1 amide bonds. The van der Waals surface area contributed by atoms with Crippen LogP contribution in [0.5, 0.6) is 0 Å². The van der Waals surface area contributed by atoms with Gasteiger partial charge in [-0.2, -0.15) is 0 Å². The minimum Gasteiger partial charge on any atom is -0.448 e. The van der Waals surface area contributed by atoms with E-state index < -0.39 is 18.0 Å². The number of hydrogen-bond acceptors (Lipinski definition) is 5. The van der Waals surface area contributed by atoms with E-state index in [1.807, 2.05) is 6.07 Å². The van der Waals surface area contributed by atoms with Gasteiger partial charge in [-0.25, -0.2) is 9.59 Å². The van der Waals surface area contributed by atoms with Gasteiger partial charge in [0.2, 0.25) is 0 Å². The number of imidazole rings is 1. The summed E-state index contributed by atoms with van der Waals surface area (Å²) in [5, 5.41) is 2.69. The molecule has 4 rings (SSSR count). The van der Waals surface area contributed by atoms with E-state index >= 15 is 0 Å². The van der Waals surface area contributed by atoms with E-state index in [0.717, 1.165) is 19.3 Å². The number of H-pyrrole nitrogens is 2. The molecule has 0 bridgehead atoms. The molecule has 0 radical (unpaired) electrons. The minimum atomic E-state index is -0.930. The van der Waals surface area contributed by atoms with Crippen molar-refractivity contribution in [1.29, 1.82) is 0 Å². The average molecular weight is 371 g/mol. The lowest BCUT2D eigenvalue weighted by Crippen LogP contribution is -2.29. The van der Waals surface area contributed by atoms with Crippen molar-refractivity contribution < 1.29 is 14.3 Å². The largest absolute Gasteiger partial charge is 0.448 e. The Morgan fingerprint density at radius 3 is 2.81 bits per heavy atom. The molecule has 3 aromatic rings. The molecule has 0 fully saturated rings. The molecule has 134 valence electrons. The Hall–Kier alpha value is -2.87. The maximum atomic E-state index is 12.3. The monoisotopic (exact) mass is 371 g/mol. The van der Waals surface area contributed by atoms with Crippen molar-refractivity contribution in [1.82, 2.24) is 9.97 Å². The second kappa shape index (κ2) is 6.45. The van der Waals surface area contributed by atoms with Crippen molar-refractivity contribution in [3.63, 3.8) is 0 Å². The van der Waals surface area contributed by atoms with Crippen LogP contribution in [0.2, 0.25) is 0 Å². The number of anilines is 1. The minimum absolute atomic E-state index is 0.311. The van der Waals surface area contributed by atoms with E-state index in [1.165, 1.54) is 28.7 Å². The van der Waals surface area contributed by atoms with E-state index in [9.17, 15) is 14.4 Å². The summed E-state index contributed by atoms with van der Waals surface area (Å²) in [6.45, 7) is 1.53. The summed E-state index contributed by atoms with van der Waals surface area (Å²) in [6.07, 6.45) is 2.21. The summed E-state index contributed by atoms with van der Waals surface area (Å²) < 4.78 is 5.29. The molecule has 3 N–H and O–H groups in total. The number of esters is 1.